The summed E-state index contributed by atoms with van der Waals surface area (Å²) in [5.74, 6) is 0.846. The molecule has 0 aliphatic rings. The minimum Gasteiger partial charge on any atom is -0.351 e. The first-order valence-corrected chi connectivity index (χ1v) is 7.81. The lowest BCUT2D eigenvalue weighted by Crippen LogP contribution is -2.26. The maximum Gasteiger partial charge on any atom is 0.270 e. The second-order valence-electron chi connectivity index (χ2n) is 5.87. The van der Waals surface area contributed by atoms with E-state index in [1.54, 1.807) is 18.5 Å². The number of pyridine rings is 1. The summed E-state index contributed by atoms with van der Waals surface area (Å²) in [5, 5.41) is 6.03. The molecule has 2 N–H and O–H groups in total. The number of hydrogen-bond acceptors (Lipinski definition) is 5. The molecule has 6 heteroatoms. The second-order valence-corrected chi connectivity index (χ2v) is 5.87. The Bertz CT molecular complexity index is 643. The summed E-state index contributed by atoms with van der Waals surface area (Å²) in [5.41, 5.74) is 2.22. The summed E-state index contributed by atoms with van der Waals surface area (Å²) in [6.07, 6.45) is 4.42. The van der Waals surface area contributed by atoms with Gasteiger partial charge in [-0.3, -0.25) is 9.78 Å². The van der Waals surface area contributed by atoms with Crippen LogP contribution in [0.1, 0.15) is 42.0 Å². The first kappa shape index (κ1) is 16.9. The van der Waals surface area contributed by atoms with Crippen molar-refractivity contribution in [2.24, 2.45) is 5.92 Å². The van der Waals surface area contributed by atoms with Gasteiger partial charge < -0.3 is 10.6 Å². The van der Waals surface area contributed by atoms with Crippen LogP contribution in [0, 0.1) is 12.8 Å². The van der Waals surface area contributed by atoms with Gasteiger partial charge in [-0.05, 0) is 43.0 Å². The maximum absolute atomic E-state index is 12.2. The molecule has 23 heavy (non-hydrogen) atoms. The molecule has 0 aliphatic carbocycles. The first-order valence-electron chi connectivity index (χ1n) is 7.81. The number of aryl methyl sites for hydroxylation is 1. The Kier molecular flexibility index (Phi) is 6.02. The van der Waals surface area contributed by atoms with Gasteiger partial charge in [0.15, 0.2) is 0 Å². The topological polar surface area (TPSA) is 79.8 Å². The van der Waals surface area contributed by atoms with Crippen molar-refractivity contribution in [2.75, 3.05) is 11.9 Å². The van der Waals surface area contributed by atoms with Crippen LogP contribution in [-0.2, 0) is 6.54 Å². The number of nitrogens with one attached hydrogen (secondary N) is 2. The highest BCUT2D eigenvalue weighted by atomic mass is 16.1. The predicted molar refractivity (Wildman–Crippen MR) is 90.1 cm³/mol. The van der Waals surface area contributed by atoms with E-state index >= 15 is 0 Å². The minimum atomic E-state index is -0.164. The summed E-state index contributed by atoms with van der Waals surface area (Å²) in [4.78, 5) is 24.8. The van der Waals surface area contributed by atoms with E-state index in [9.17, 15) is 4.79 Å². The van der Waals surface area contributed by atoms with E-state index < -0.39 is 0 Å². The number of hydrogen-bond donors (Lipinski definition) is 2. The summed E-state index contributed by atoms with van der Waals surface area (Å²) in [6.45, 7) is 7.34. The number of amides is 1. The molecular weight excluding hydrogens is 290 g/mol. The zero-order valence-electron chi connectivity index (χ0n) is 13.8. The van der Waals surface area contributed by atoms with E-state index in [4.69, 9.17) is 0 Å². The number of nitrogens with zero attached hydrogens (tertiary/aromatic N) is 3. The lowest BCUT2D eigenvalue weighted by Gasteiger charge is -2.09. The summed E-state index contributed by atoms with van der Waals surface area (Å²) >= 11 is 0. The molecule has 2 aromatic rings. The van der Waals surface area contributed by atoms with E-state index in [2.05, 4.69) is 39.4 Å². The third-order valence-electron chi connectivity index (χ3n) is 3.29. The van der Waals surface area contributed by atoms with Crippen molar-refractivity contribution < 1.29 is 4.79 Å². The second kappa shape index (κ2) is 8.22. The van der Waals surface area contributed by atoms with E-state index in [-0.39, 0.29) is 5.91 Å². The van der Waals surface area contributed by atoms with Crippen LogP contribution in [0.25, 0.3) is 0 Å². The molecule has 0 saturated heterocycles. The molecule has 122 valence electrons. The van der Waals surface area contributed by atoms with Gasteiger partial charge in [0, 0.05) is 31.2 Å². The molecule has 2 heterocycles. The fourth-order valence-corrected chi connectivity index (χ4v) is 2.01. The number of carbonyl (C=O) groups is 1. The zero-order valence-corrected chi connectivity index (χ0v) is 13.8. The molecule has 0 saturated carbocycles. The molecule has 0 aliphatic heterocycles. The molecule has 0 radical (unpaired) electrons. The Labute approximate surface area is 136 Å². The van der Waals surface area contributed by atoms with Gasteiger partial charge in [0.1, 0.15) is 5.69 Å². The fraction of sp³-hybridized carbons (Fsp3) is 0.412. The van der Waals surface area contributed by atoms with Crippen LogP contribution in [0.3, 0.4) is 0 Å². The normalized spacial score (nSPS) is 10.6. The van der Waals surface area contributed by atoms with Crippen molar-refractivity contribution in [3.05, 3.63) is 47.5 Å². The third kappa shape index (κ3) is 5.65. The van der Waals surface area contributed by atoms with E-state index in [0.29, 0.717) is 30.6 Å². The Hall–Kier alpha value is -2.50. The lowest BCUT2D eigenvalue weighted by molar-refractivity contribution is 0.0947. The molecule has 0 aromatic carbocycles. The monoisotopic (exact) mass is 313 g/mol. The van der Waals surface area contributed by atoms with Crippen LogP contribution in [0.5, 0.6) is 0 Å². The maximum atomic E-state index is 12.2. The van der Waals surface area contributed by atoms with Crippen molar-refractivity contribution in [3.8, 4) is 0 Å². The van der Waals surface area contributed by atoms with E-state index in [0.717, 1.165) is 17.7 Å². The van der Waals surface area contributed by atoms with Gasteiger partial charge in [-0.25, -0.2) is 9.97 Å². The van der Waals surface area contributed by atoms with Crippen LogP contribution < -0.4 is 10.6 Å². The van der Waals surface area contributed by atoms with Crippen LogP contribution in [-0.4, -0.2) is 27.4 Å². The summed E-state index contributed by atoms with van der Waals surface area (Å²) in [6, 6.07) is 5.53. The van der Waals surface area contributed by atoms with Gasteiger partial charge in [-0.15, -0.1) is 0 Å². The molecule has 6 nitrogen and oxygen atoms in total. The van der Waals surface area contributed by atoms with E-state index in [1.807, 2.05) is 19.1 Å². The van der Waals surface area contributed by atoms with Crippen molar-refractivity contribution >= 4 is 11.9 Å². The van der Waals surface area contributed by atoms with Crippen molar-refractivity contribution in [1.29, 1.82) is 0 Å². The zero-order chi connectivity index (χ0) is 16.7. The molecule has 2 aromatic heterocycles. The quantitative estimate of drug-likeness (QED) is 0.821. The number of aromatic nitrogens is 3. The molecule has 0 unspecified atom stereocenters. The van der Waals surface area contributed by atoms with Crippen LogP contribution in [0.2, 0.25) is 0 Å². The standard InChI is InChI=1S/C17H23N5O/c1-12(2)4-9-19-16(23)15-10-13(3)21-17(22-15)20-11-14-5-7-18-8-6-14/h5-8,10,12H,4,9,11H2,1-3H3,(H,19,23)(H,20,21,22). The van der Waals surface area contributed by atoms with Crippen LogP contribution >= 0.6 is 0 Å². The van der Waals surface area contributed by atoms with Gasteiger partial charge in [-0.2, -0.15) is 0 Å². The molecule has 2 rings (SSSR count). The van der Waals surface area contributed by atoms with Gasteiger partial charge >= 0.3 is 0 Å². The predicted octanol–water partition coefficient (Wildman–Crippen LogP) is 2.57. The van der Waals surface area contributed by atoms with E-state index in [1.165, 1.54) is 0 Å². The van der Waals surface area contributed by atoms with Gasteiger partial charge in [0.2, 0.25) is 5.95 Å². The molecule has 0 spiro atoms. The number of rotatable bonds is 7. The average molecular weight is 313 g/mol. The third-order valence-corrected chi connectivity index (χ3v) is 3.29. The molecule has 1 amide bonds. The lowest BCUT2D eigenvalue weighted by atomic mass is 10.1. The smallest absolute Gasteiger partial charge is 0.270 e. The molecular formula is C17H23N5O. The SMILES string of the molecule is Cc1cc(C(=O)NCCC(C)C)nc(NCc2ccncc2)n1. The highest BCUT2D eigenvalue weighted by Gasteiger charge is 2.10. The Morgan fingerprint density at radius 3 is 2.65 bits per heavy atom. The number of carbonyl (C=O) groups excluding carboxylic acids is 1. The highest BCUT2D eigenvalue weighted by molar-refractivity contribution is 5.92. The minimum absolute atomic E-state index is 0.164. The van der Waals surface area contributed by atoms with Crippen molar-refractivity contribution in [1.82, 2.24) is 20.3 Å². The fourth-order valence-electron chi connectivity index (χ4n) is 2.01. The molecule has 0 atom stereocenters. The van der Waals surface area contributed by atoms with Gasteiger partial charge in [-0.1, -0.05) is 13.8 Å². The van der Waals surface area contributed by atoms with Gasteiger partial charge in [0.05, 0.1) is 0 Å². The number of anilines is 1. The largest absolute Gasteiger partial charge is 0.351 e. The molecule has 0 bridgehead atoms. The summed E-state index contributed by atoms with van der Waals surface area (Å²) in [7, 11) is 0. The van der Waals surface area contributed by atoms with Crippen LogP contribution in [0.4, 0.5) is 5.95 Å². The Balaban J connectivity index is 1.99. The Morgan fingerprint density at radius 2 is 1.96 bits per heavy atom. The van der Waals surface area contributed by atoms with Crippen LogP contribution in [0.15, 0.2) is 30.6 Å². The summed E-state index contributed by atoms with van der Waals surface area (Å²) < 4.78 is 0. The molecule has 0 fully saturated rings. The Morgan fingerprint density at radius 1 is 1.22 bits per heavy atom. The van der Waals surface area contributed by atoms with Gasteiger partial charge in [0.25, 0.3) is 5.91 Å². The average Bonchev–Trinajstić information content (AvgIpc) is 2.53. The highest BCUT2D eigenvalue weighted by Crippen LogP contribution is 2.07. The first-order chi connectivity index (χ1) is 11.0. The van der Waals surface area contributed by atoms with Crippen molar-refractivity contribution in [3.63, 3.8) is 0 Å². The van der Waals surface area contributed by atoms with Crippen molar-refractivity contribution in [2.45, 2.75) is 33.7 Å².